The van der Waals surface area contributed by atoms with Crippen LogP contribution in [0.15, 0.2) is 39.9 Å². The van der Waals surface area contributed by atoms with E-state index in [-0.39, 0.29) is 10.8 Å². The van der Waals surface area contributed by atoms with Crippen molar-refractivity contribution in [1.29, 1.82) is 0 Å². The first kappa shape index (κ1) is 15.8. The highest BCUT2D eigenvalue weighted by molar-refractivity contribution is 7.91. The maximum absolute atomic E-state index is 12.2. The lowest BCUT2D eigenvalue weighted by Crippen LogP contribution is -2.24. The molecule has 0 saturated heterocycles. The topological polar surface area (TPSA) is 89.8 Å². The number of tetrazole rings is 1. The Kier molecular flexibility index (Phi) is 4.24. The minimum Gasteiger partial charge on any atom is -0.206 e. The number of thiophene rings is 1. The van der Waals surface area contributed by atoms with Crippen LogP contribution < -0.4 is 4.72 Å². The van der Waals surface area contributed by atoms with Gasteiger partial charge in [0.05, 0.1) is 12.2 Å². The fourth-order valence-electron chi connectivity index (χ4n) is 2.02. The summed E-state index contributed by atoms with van der Waals surface area (Å²) in [6.07, 6.45) is 0. The average molecular weight is 349 g/mol. The molecule has 1 N–H and O–H groups in total. The van der Waals surface area contributed by atoms with E-state index in [1.807, 2.05) is 32.0 Å². The zero-order chi connectivity index (χ0) is 16.4. The lowest BCUT2D eigenvalue weighted by atomic mass is 10.1. The molecule has 9 heteroatoms. The van der Waals surface area contributed by atoms with Gasteiger partial charge in [0.15, 0.2) is 5.82 Å². The average Bonchev–Trinajstić information content (AvgIpc) is 3.19. The van der Waals surface area contributed by atoms with Crippen molar-refractivity contribution in [3.05, 3.63) is 52.7 Å². The molecule has 2 heterocycles. The molecule has 0 saturated carbocycles. The summed E-state index contributed by atoms with van der Waals surface area (Å²) in [6, 6.07) is 9.09. The molecule has 0 amide bonds. The first-order valence-electron chi connectivity index (χ1n) is 6.85. The molecule has 0 aliphatic carbocycles. The monoisotopic (exact) mass is 349 g/mol. The summed E-state index contributed by atoms with van der Waals surface area (Å²) in [6.45, 7) is 4.04. The molecule has 3 rings (SSSR count). The van der Waals surface area contributed by atoms with Gasteiger partial charge in [-0.3, -0.25) is 0 Å². The summed E-state index contributed by atoms with van der Waals surface area (Å²) in [4.78, 5) is 0. The molecule has 23 heavy (non-hydrogen) atoms. The Morgan fingerprint density at radius 2 is 2.04 bits per heavy atom. The van der Waals surface area contributed by atoms with Crippen LogP contribution in [0.25, 0.3) is 5.69 Å². The summed E-state index contributed by atoms with van der Waals surface area (Å²) in [5.41, 5.74) is 3.08. The Labute approximate surface area is 138 Å². The van der Waals surface area contributed by atoms with Crippen molar-refractivity contribution in [2.75, 3.05) is 0 Å². The van der Waals surface area contributed by atoms with Gasteiger partial charge in [0.2, 0.25) is 10.0 Å². The number of hydrogen-bond donors (Lipinski definition) is 1. The van der Waals surface area contributed by atoms with Gasteiger partial charge >= 0.3 is 0 Å². The van der Waals surface area contributed by atoms with Gasteiger partial charge in [-0.1, -0.05) is 12.1 Å². The van der Waals surface area contributed by atoms with E-state index in [9.17, 15) is 8.42 Å². The van der Waals surface area contributed by atoms with Crippen LogP contribution in [0.5, 0.6) is 0 Å². The molecule has 0 fully saturated rings. The van der Waals surface area contributed by atoms with Crippen molar-refractivity contribution in [2.24, 2.45) is 0 Å². The van der Waals surface area contributed by atoms with E-state index in [4.69, 9.17) is 0 Å². The number of nitrogens with one attached hydrogen (secondary N) is 1. The number of nitrogens with zero attached hydrogens (tertiary/aromatic N) is 4. The Balaban J connectivity index is 1.83. The minimum atomic E-state index is -3.55. The van der Waals surface area contributed by atoms with Gasteiger partial charge in [-0.15, -0.1) is 16.4 Å². The second-order valence-corrected chi connectivity index (χ2v) is 7.97. The van der Waals surface area contributed by atoms with Crippen LogP contribution in [0, 0.1) is 13.8 Å². The van der Waals surface area contributed by atoms with Crippen LogP contribution in [-0.2, 0) is 16.6 Å². The van der Waals surface area contributed by atoms with E-state index in [2.05, 4.69) is 20.2 Å². The third kappa shape index (κ3) is 3.31. The maximum Gasteiger partial charge on any atom is 0.250 e. The lowest BCUT2D eigenvalue weighted by molar-refractivity contribution is 0.580. The normalized spacial score (nSPS) is 11.7. The first-order chi connectivity index (χ1) is 11.0. The number of rotatable bonds is 5. The smallest absolute Gasteiger partial charge is 0.206 e. The van der Waals surface area contributed by atoms with Crippen molar-refractivity contribution in [2.45, 2.75) is 24.6 Å². The third-order valence-corrected chi connectivity index (χ3v) is 6.25. The molecule has 2 aromatic heterocycles. The molecule has 0 spiro atoms. The second-order valence-electron chi connectivity index (χ2n) is 5.03. The summed E-state index contributed by atoms with van der Waals surface area (Å²) < 4.78 is 28.6. The summed E-state index contributed by atoms with van der Waals surface area (Å²) in [7, 11) is -3.55. The summed E-state index contributed by atoms with van der Waals surface area (Å²) >= 11 is 1.16. The molecular formula is C14H15N5O2S2. The van der Waals surface area contributed by atoms with Crippen LogP contribution in [0.3, 0.4) is 0 Å². The molecular weight excluding hydrogens is 334 g/mol. The summed E-state index contributed by atoms with van der Waals surface area (Å²) in [5, 5.41) is 13.2. The number of aromatic nitrogens is 4. The van der Waals surface area contributed by atoms with Crippen molar-refractivity contribution in [3.8, 4) is 5.69 Å². The predicted molar refractivity (Wildman–Crippen MR) is 87.0 cm³/mol. The van der Waals surface area contributed by atoms with E-state index in [0.29, 0.717) is 5.82 Å². The lowest BCUT2D eigenvalue weighted by Gasteiger charge is -2.08. The Bertz CT molecular complexity index is 917. The van der Waals surface area contributed by atoms with Crippen LogP contribution in [-0.4, -0.2) is 28.6 Å². The molecule has 0 unspecified atom stereocenters. The van der Waals surface area contributed by atoms with Crippen molar-refractivity contribution in [1.82, 2.24) is 24.9 Å². The Morgan fingerprint density at radius 3 is 2.74 bits per heavy atom. The van der Waals surface area contributed by atoms with Crippen molar-refractivity contribution < 1.29 is 8.42 Å². The molecule has 0 bridgehead atoms. The van der Waals surface area contributed by atoms with Crippen molar-refractivity contribution in [3.63, 3.8) is 0 Å². The van der Waals surface area contributed by atoms with Gasteiger partial charge in [-0.05, 0) is 59.0 Å². The standard InChI is InChI=1S/C14H15N5O2S2/c1-10-5-6-12(8-11(10)2)19-13(16-17-18-19)9-15-23(20,21)14-4-3-7-22-14/h3-8,15H,9H2,1-2H3. The van der Waals surface area contributed by atoms with Gasteiger partial charge in [0.25, 0.3) is 0 Å². The zero-order valence-electron chi connectivity index (χ0n) is 12.6. The molecule has 0 aliphatic heterocycles. The van der Waals surface area contributed by atoms with Gasteiger partial charge in [0.1, 0.15) is 4.21 Å². The second kappa shape index (κ2) is 6.19. The zero-order valence-corrected chi connectivity index (χ0v) is 14.2. The fourth-order valence-corrected chi connectivity index (χ4v) is 4.04. The molecule has 0 atom stereocenters. The van der Waals surface area contributed by atoms with Crippen molar-refractivity contribution >= 4 is 21.4 Å². The van der Waals surface area contributed by atoms with Gasteiger partial charge in [-0.25, -0.2) is 13.1 Å². The largest absolute Gasteiger partial charge is 0.250 e. The predicted octanol–water partition coefficient (Wildman–Crippen LogP) is 1.82. The van der Waals surface area contributed by atoms with Gasteiger partial charge in [-0.2, -0.15) is 4.68 Å². The van der Waals surface area contributed by atoms with E-state index in [1.54, 1.807) is 17.5 Å². The van der Waals surface area contributed by atoms with Gasteiger partial charge in [0, 0.05) is 0 Å². The molecule has 1 aromatic carbocycles. The highest BCUT2D eigenvalue weighted by Gasteiger charge is 2.17. The molecule has 0 radical (unpaired) electrons. The highest BCUT2D eigenvalue weighted by Crippen LogP contribution is 2.17. The van der Waals surface area contributed by atoms with Crippen LogP contribution in [0.1, 0.15) is 17.0 Å². The van der Waals surface area contributed by atoms with Crippen LogP contribution in [0.4, 0.5) is 0 Å². The fraction of sp³-hybridized carbons (Fsp3) is 0.214. The van der Waals surface area contributed by atoms with E-state index < -0.39 is 10.0 Å². The molecule has 0 aliphatic rings. The number of hydrogen-bond acceptors (Lipinski definition) is 6. The Morgan fingerprint density at radius 1 is 1.22 bits per heavy atom. The minimum absolute atomic E-state index is 0.0140. The highest BCUT2D eigenvalue weighted by atomic mass is 32.2. The third-order valence-electron chi connectivity index (χ3n) is 3.45. The quantitative estimate of drug-likeness (QED) is 0.759. The number of aryl methyl sites for hydroxylation is 2. The number of sulfonamides is 1. The number of benzene rings is 1. The molecule has 7 nitrogen and oxygen atoms in total. The maximum atomic E-state index is 12.2. The van der Waals surface area contributed by atoms with E-state index >= 15 is 0 Å². The van der Waals surface area contributed by atoms with E-state index in [1.165, 1.54) is 10.2 Å². The molecule has 120 valence electrons. The first-order valence-corrected chi connectivity index (χ1v) is 9.22. The Hall–Kier alpha value is -2.10. The van der Waals surface area contributed by atoms with Crippen LogP contribution >= 0.6 is 11.3 Å². The van der Waals surface area contributed by atoms with Gasteiger partial charge < -0.3 is 0 Å². The summed E-state index contributed by atoms with van der Waals surface area (Å²) in [5.74, 6) is 0.424. The van der Waals surface area contributed by atoms with E-state index in [0.717, 1.165) is 22.6 Å². The SMILES string of the molecule is Cc1ccc(-n2nnnc2CNS(=O)(=O)c2cccs2)cc1C. The molecule has 3 aromatic rings. The van der Waals surface area contributed by atoms with Crippen LogP contribution in [0.2, 0.25) is 0 Å².